The van der Waals surface area contributed by atoms with Crippen molar-refractivity contribution in [3.05, 3.63) is 0 Å². The van der Waals surface area contributed by atoms with Gasteiger partial charge in [-0.05, 0) is 60.7 Å². The highest BCUT2D eigenvalue weighted by Crippen LogP contribution is 2.69. The van der Waals surface area contributed by atoms with Crippen molar-refractivity contribution in [2.45, 2.75) is 52.4 Å². The Labute approximate surface area is 97.5 Å². The third kappa shape index (κ3) is 1.47. The van der Waals surface area contributed by atoms with Crippen LogP contribution in [0.1, 0.15) is 52.4 Å². The smallest absolute Gasteiger partial charge is 0.211 e. The topological polar surface area (TPSA) is 29.4 Å². The Morgan fingerprint density at radius 2 is 1.75 bits per heavy atom. The lowest BCUT2D eigenvalue weighted by atomic mass is 9.40. The molecule has 16 heavy (non-hydrogen) atoms. The minimum Gasteiger partial charge on any atom is -0.211 e. The maximum absolute atomic E-state index is 10.4. The molecule has 2 heteroatoms. The fourth-order valence-corrected chi connectivity index (χ4v) is 6.06. The summed E-state index contributed by atoms with van der Waals surface area (Å²) < 4.78 is 0. The molecule has 0 radical (unpaired) electrons. The van der Waals surface area contributed by atoms with Crippen LogP contribution in [0.15, 0.2) is 4.99 Å². The first-order chi connectivity index (χ1) is 7.47. The highest BCUT2D eigenvalue weighted by molar-refractivity contribution is 5.33. The van der Waals surface area contributed by atoms with E-state index in [4.69, 9.17) is 0 Å². The standard InChI is InChI=1S/C14H21NO/c1-12-3-11-4-13(2,6-12)8-14(5-11,7-12)9-15-10-16/h11H,3-9H2,1-2H3. The number of hydrogen-bond donors (Lipinski definition) is 0. The number of hydrogen-bond acceptors (Lipinski definition) is 2. The zero-order valence-corrected chi connectivity index (χ0v) is 10.4. The highest BCUT2D eigenvalue weighted by Gasteiger charge is 2.59. The van der Waals surface area contributed by atoms with Crippen molar-refractivity contribution in [1.29, 1.82) is 0 Å². The van der Waals surface area contributed by atoms with E-state index in [0.29, 0.717) is 16.2 Å². The second kappa shape index (κ2) is 2.98. The summed E-state index contributed by atoms with van der Waals surface area (Å²) in [5.41, 5.74) is 1.42. The number of rotatable bonds is 2. The summed E-state index contributed by atoms with van der Waals surface area (Å²) in [5.74, 6) is 0.896. The van der Waals surface area contributed by atoms with Gasteiger partial charge in [0.05, 0.1) is 6.54 Å². The van der Waals surface area contributed by atoms with Gasteiger partial charge < -0.3 is 0 Å². The average Bonchev–Trinajstić information content (AvgIpc) is 2.08. The average molecular weight is 219 g/mol. The second-order valence-corrected chi connectivity index (χ2v) is 7.54. The van der Waals surface area contributed by atoms with Gasteiger partial charge in [0.15, 0.2) is 0 Å². The molecular formula is C14H21NO. The van der Waals surface area contributed by atoms with E-state index in [0.717, 1.165) is 12.5 Å². The summed E-state index contributed by atoms with van der Waals surface area (Å²) in [5, 5.41) is 0. The second-order valence-electron chi connectivity index (χ2n) is 7.54. The SMILES string of the molecule is CC12CC3CC(C)(C1)CC(CN=C=O)(C3)C2. The molecule has 0 saturated heterocycles. The molecule has 0 amide bonds. The molecule has 4 bridgehead atoms. The Morgan fingerprint density at radius 1 is 1.12 bits per heavy atom. The highest BCUT2D eigenvalue weighted by atomic mass is 16.1. The zero-order valence-electron chi connectivity index (χ0n) is 10.4. The summed E-state index contributed by atoms with van der Waals surface area (Å²) in [4.78, 5) is 14.3. The van der Waals surface area contributed by atoms with Crippen molar-refractivity contribution in [2.75, 3.05) is 6.54 Å². The Morgan fingerprint density at radius 3 is 2.25 bits per heavy atom. The van der Waals surface area contributed by atoms with Crippen LogP contribution in [0.5, 0.6) is 0 Å². The van der Waals surface area contributed by atoms with Gasteiger partial charge in [-0.3, -0.25) is 0 Å². The van der Waals surface area contributed by atoms with Crippen molar-refractivity contribution >= 4 is 6.08 Å². The molecule has 2 unspecified atom stereocenters. The molecule has 2 atom stereocenters. The number of nitrogens with zero attached hydrogens (tertiary/aromatic N) is 1. The molecule has 0 N–H and O–H groups in total. The monoisotopic (exact) mass is 219 g/mol. The number of aliphatic imine (C=N–C) groups is 1. The number of carbonyl (C=O) groups excluding carboxylic acids is 1. The van der Waals surface area contributed by atoms with Crippen LogP contribution in [0.2, 0.25) is 0 Å². The van der Waals surface area contributed by atoms with Gasteiger partial charge in [-0.1, -0.05) is 13.8 Å². The molecule has 4 fully saturated rings. The van der Waals surface area contributed by atoms with Crippen LogP contribution in [0, 0.1) is 22.2 Å². The van der Waals surface area contributed by atoms with Crippen molar-refractivity contribution < 1.29 is 4.79 Å². The fourth-order valence-electron chi connectivity index (χ4n) is 6.06. The maximum atomic E-state index is 10.4. The fraction of sp³-hybridized carbons (Fsp3) is 0.929. The van der Waals surface area contributed by atoms with Crippen LogP contribution in [-0.4, -0.2) is 12.6 Å². The number of isocyanates is 1. The third-order valence-electron chi connectivity index (χ3n) is 5.22. The third-order valence-corrected chi connectivity index (χ3v) is 5.22. The lowest BCUT2D eigenvalue weighted by molar-refractivity contribution is -0.140. The molecular weight excluding hydrogens is 198 g/mol. The minimum atomic E-state index is 0.348. The van der Waals surface area contributed by atoms with E-state index in [1.807, 2.05) is 0 Å². The van der Waals surface area contributed by atoms with Gasteiger partial charge >= 0.3 is 0 Å². The van der Waals surface area contributed by atoms with Crippen LogP contribution in [0.25, 0.3) is 0 Å². The molecule has 4 saturated carbocycles. The summed E-state index contributed by atoms with van der Waals surface area (Å²) in [6, 6.07) is 0. The van der Waals surface area contributed by atoms with Crippen molar-refractivity contribution in [2.24, 2.45) is 27.2 Å². The Bertz CT molecular complexity index is 351. The van der Waals surface area contributed by atoms with Crippen LogP contribution in [-0.2, 0) is 4.79 Å². The molecule has 4 aliphatic rings. The summed E-state index contributed by atoms with van der Waals surface area (Å²) >= 11 is 0. The molecule has 0 spiro atoms. The Hall–Kier alpha value is -0.620. The summed E-state index contributed by atoms with van der Waals surface area (Å²) in [7, 11) is 0. The van der Waals surface area contributed by atoms with E-state index >= 15 is 0 Å². The molecule has 2 nitrogen and oxygen atoms in total. The van der Waals surface area contributed by atoms with Crippen molar-refractivity contribution in [1.82, 2.24) is 0 Å². The van der Waals surface area contributed by atoms with Crippen molar-refractivity contribution in [3.8, 4) is 0 Å². The normalized spacial score (nSPS) is 53.8. The molecule has 0 aromatic rings. The minimum absolute atomic E-state index is 0.348. The van der Waals surface area contributed by atoms with Gasteiger partial charge in [0, 0.05) is 0 Å². The van der Waals surface area contributed by atoms with Gasteiger partial charge in [0.25, 0.3) is 0 Å². The predicted octanol–water partition coefficient (Wildman–Crippen LogP) is 3.32. The van der Waals surface area contributed by atoms with Gasteiger partial charge in [-0.2, -0.15) is 0 Å². The predicted molar refractivity (Wildman–Crippen MR) is 62.8 cm³/mol. The van der Waals surface area contributed by atoms with Gasteiger partial charge in [-0.25, -0.2) is 9.79 Å². The maximum Gasteiger partial charge on any atom is 0.234 e. The molecule has 88 valence electrons. The molecule has 4 rings (SSSR count). The molecule has 4 aliphatic carbocycles. The summed E-state index contributed by atoms with van der Waals surface area (Å²) in [6.45, 7) is 5.64. The van der Waals surface area contributed by atoms with Gasteiger partial charge in [0.1, 0.15) is 0 Å². The quantitative estimate of drug-likeness (QED) is 0.517. The van der Waals surface area contributed by atoms with E-state index in [1.165, 1.54) is 38.5 Å². The van der Waals surface area contributed by atoms with Crippen LogP contribution < -0.4 is 0 Å². The van der Waals surface area contributed by atoms with Crippen LogP contribution in [0.4, 0.5) is 0 Å². The molecule has 0 aromatic carbocycles. The first-order valence-electron chi connectivity index (χ1n) is 6.50. The van der Waals surface area contributed by atoms with E-state index in [2.05, 4.69) is 18.8 Å². The molecule has 0 aliphatic heterocycles. The lowest BCUT2D eigenvalue weighted by Gasteiger charge is -2.65. The van der Waals surface area contributed by atoms with Crippen molar-refractivity contribution in [3.63, 3.8) is 0 Å². The van der Waals surface area contributed by atoms with Gasteiger partial charge in [-0.15, -0.1) is 0 Å². The van der Waals surface area contributed by atoms with Crippen LogP contribution in [0.3, 0.4) is 0 Å². The first kappa shape index (κ1) is 10.5. The zero-order chi connectivity index (χ0) is 11.4. The van der Waals surface area contributed by atoms with Gasteiger partial charge in [0.2, 0.25) is 6.08 Å². The van der Waals surface area contributed by atoms with E-state index in [-0.39, 0.29) is 0 Å². The Kier molecular flexibility index (Phi) is 1.96. The first-order valence-corrected chi connectivity index (χ1v) is 6.50. The molecule has 0 aromatic heterocycles. The van der Waals surface area contributed by atoms with E-state index in [1.54, 1.807) is 6.08 Å². The largest absolute Gasteiger partial charge is 0.234 e. The summed E-state index contributed by atoms with van der Waals surface area (Å²) in [6.07, 6.45) is 9.85. The van der Waals surface area contributed by atoms with Crippen LogP contribution >= 0.6 is 0 Å². The molecule has 0 heterocycles. The van der Waals surface area contributed by atoms with E-state index < -0.39 is 0 Å². The van der Waals surface area contributed by atoms with E-state index in [9.17, 15) is 4.79 Å². The lowest BCUT2D eigenvalue weighted by Crippen LogP contribution is -2.55. The Balaban J connectivity index is 1.94.